The zero-order valence-corrected chi connectivity index (χ0v) is 19.3. The summed E-state index contributed by atoms with van der Waals surface area (Å²) in [6, 6.07) is -0.917. The number of hydrogen-bond acceptors (Lipinski definition) is 11. The van der Waals surface area contributed by atoms with Crippen molar-refractivity contribution in [2.45, 2.75) is 30.3 Å². The van der Waals surface area contributed by atoms with E-state index in [9.17, 15) is 24.2 Å². The molecule has 176 valence electrons. The predicted octanol–water partition coefficient (Wildman–Crippen LogP) is -0.111. The standard InChI is InChI=1S/C15H21N5O9P2S/c1-4-15(5-28-31(26,27)29-30(23,24)25)7(2)9(10(21)11(15)22)20-6-17-8-12(16)18-14(32-3)19-13(8)20/h1,6-7,9-11,21-22H,5H2,2-3H3,(H,26,27)(H2,16,18,19)(H2,23,24,25)/t7-,9?,10+,11+,15+/m1/s1. The number of phosphoric ester groups is 1. The van der Waals surface area contributed by atoms with Crippen molar-refractivity contribution >= 4 is 44.4 Å². The number of aromatic nitrogens is 4. The number of nitrogens with zero attached hydrogens (tertiary/aromatic N) is 4. The Morgan fingerprint density at radius 1 is 1.34 bits per heavy atom. The number of aliphatic hydroxyl groups is 2. The lowest BCUT2D eigenvalue weighted by Gasteiger charge is -2.32. The number of imidazole rings is 1. The SMILES string of the molecule is C#C[C@]1(COP(=O)(O)OP(=O)(O)O)[C@H](C)C(n2cnc3c(N)nc(SC)nc32)[C@H](O)[C@@H]1O. The van der Waals surface area contributed by atoms with Crippen molar-refractivity contribution in [1.29, 1.82) is 0 Å². The molecule has 0 bridgehead atoms. The van der Waals surface area contributed by atoms with Gasteiger partial charge in [0.25, 0.3) is 0 Å². The number of anilines is 1. The van der Waals surface area contributed by atoms with Crippen molar-refractivity contribution < 1.29 is 42.9 Å². The van der Waals surface area contributed by atoms with Gasteiger partial charge in [-0.15, -0.1) is 6.42 Å². The number of aliphatic hydroxyl groups excluding tert-OH is 2. The smallest absolute Gasteiger partial charge is 0.389 e. The minimum absolute atomic E-state index is 0.112. The summed E-state index contributed by atoms with van der Waals surface area (Å²) in [6.07, 6.45) is 5.57. The minimum atomic E-state index is -5.36. The normalized spacial score (nSPS) is 30.3. The number of fused-ring (bicyclic) bond motifs is 1. The third-order valence-corrected chi connectivity index (χ3v) is 8.08. The van der Waals surface area contributed by atoms with E-state index in [4.69, 9.17) is 26.5 Å². The van der Waals surface area contributed by atoms with Crippen molar-refractivity contribution in [1.82, 2.24) is 19.5 Å². The molecule has 0 radical (unpaired) electrons. The Bertz CT molecular complexity index is 1170. The molecular weight excluding hydrogens is 488 g/mol. The van der Waals surface area contributed by atoms with Crippen LogP contribution in [0.2, 0.25) is 0 Å². The average Bonchev–Trinajstić information content (AvgIpc) is 3.17. The summed E-state index contributed by atoms with van der Waals surface area (Å²) >= 11 is 1.23. The molecule has 0 amide bonds. The van der Waals surface area contributed by atoms with Crippen LogP contribution in [0.25, 0.3) is 11.2 Å². The third kappa shape index (κ3) is 4.44. The van der Waals surface area contributed by atoms with Gasteiger partial charge in [-0.05, 0) is 6.26 Å². The monoisotopic (exact) mass is 509 g/mol. The zero-order chi connectivity index (χ0) is 24.1. The van der Waals surface area contributed by atoms with Crippen LogP contribution in [0.4, 0.5) is 5.82 Å². The summed E-state index contributed by atoms with van der Waals surface area (Å²) in [5, 5.41) is 21.9. The van der Waals surface area contributed by atoms with Crippen molar-refractivity contribution in [3.8, 4) is 12.3 Å². The van der Waals surface area contributed by atoms with Crippen LogP contribution in [0.5, 0.6) is 0 Å². The summed E-state index contributed by atoms with van der Waals surface area (Å²) in [5.41, 5.74) is 4.73. The molecular formula is C15H21N5O9P2S. The van der Waals surface area contributed by atoms with Gasteiger partial charge in [-0.3, -0.25) is 4.52 Å². The van der Waals surface area contributed by atoms with Gasteiger partial charge in [0.05, 0.1) is 24.4 Å². The first-order valence-corrected chi connectivity index (χ1v) is 13.1. The first kappa shape index (κ1) is 25.1. The Morgan fingerprint density at radius 3 is 2.56 bits per heavy atom. The molecule has 6 atom stereocenters. The third-order valence-electron chi connectivity index (χ3n) is 5.40. The lowest BCUT2D eigenvalue weighted by Crippen LogP contribution is -2.41. The Kier molecular flexibility index (Phi) is 6.78. The fraction of sp³-hybridized carbons (Fsp3) is 0.533. The van der Waals surface area contributed by atoms with Gasteiger partial charge in [0.1, 0.15) is 17.7 Å². The van der Waals surface area contributed by atoms with Crippen molar-refractivity contribution in [2.75, 3.05) is 18.6 Å². The summed E-state index contributed by atoms with van der Waals surface area (Å²) in [5.74, 6) is 1.61. The number of nitrogens with two attached hydrogens (primary N) is 1. The quantitative estimate of drug-likeness (QED) is 0.124. The molecule has 2 unspecified atom stereocenters. The van der Waals surface area contributed by atoms with Crippen LogP contribution in [0.1, 0.15) is 13.0 Å². The highest BCUT2D eigenvalue weighted by Crippen LogP contribution is 2.59. The molecule has 1 aliphatic rings. The van der Waals surface area contributed by atoms with Gasteiger partial charge < -0.3 is 35.2 Å². The summed E-state index contributed by atoms with van der Waals surface area (Å²) in [4.78, 5) is 39.7. The largest absolute Gasteiger partial charge is 0.481 e. The molecule has 2 aromatic rings. The maximum absolute atomic E-state index is 11.9. The molecule has 1 aliphatic carbocycles. The molecule has 32 heavy (non-hydrogen) atoms. The molecule has 1 saturated carbocycles. The number of phosphoric acid groups is 2. The van der Waals surface area contributed by atoms with Gasteiger partial charge in [-0.25, -0.2) is 24.1 Å². The second-order valence-corrected chi connectivity index (χ2v) is 10.7. The Morgan fingerprint density at radius 2 is 2.00 bits per heavy atom. The van der Waals surface area contributed by atoms with E-state index >= 15 is 0 Å². The van der Waals surface area contributed by atoms with Gasteiger partial charge in [-0.1, -0.05) is 24.6 Å². The van der Waals surface area contributed by atoms with E-state index in [1.54, 1.807) is 13.2 Å². The predicted molar refractivity (Wildman–Crippen MR) is 112 cm³/mol. The molecule has 14 nitrogen and oxygen atoms in total. The summed E-state index contributed by atoms with van der Waals surface area (Å²) < 4.78 is 32.7. The van der Waals surface area contributed by atoms with E-state index < -0.39 is 51.8 Å². The fourth-order valence-corrected chi connectivity index (χ4v) is 5.82. The molecule has 0 spiro atoms. The lowest BCUT2D eigenvalue weighted by atomic mass is 9.78. The van der Waals surface area contributed by atoms with Gasteiger partial charge in [0, 0.05) is 5.92 Å². The first-order chi connectivity index (χ1) is 14.8. The first-order valence-electron chi connectivity index (χ1n) is 8.88. The van der Waals surface area contributed by atoms with E-state index in [-0.39, 0.29) is 17.0 Å². The molecule has 1 fully saturated rings. The molecule has 0 saturated heterocycles. The fourth-order valence-electron chi connectivity index (χ4n) is 3.82. The average molecular weight is 509 g/mol. The maximum atomic E-state index is 11.9. The number of thioether (sulfide) groups is 1. The second kappa shape index (κ2) is 8.66. The van der Waals surface area contributed by atoms with Gasteiger partial charge in [0.2, 0.25) is 0 Å². The Hall–Kier alpha value is -1.56. The van der Waals surface area contributed by atoms with E-state index in [1.165, 1.54) is 22.7 Å². The van der Waals surface area contributed by atoms with Crippen LogP contribution in [0.15, 0.2) is 11.5 Å². The van der Waals surface area contributed by atoms with Gasteiger partial charge in [-0.2, -0.15) is 4.31 Å². The molecule has 0 aliphatic heterocycles. The van der Waals surface area contributed by atoms with Crippen molar-refractivity contribution in [2.24, 2.45) is 11.3 Å². The van der Waals surface area contributed by atoms with Gasteiger partial charge in [0.15, 0.2) is 16.6 Å². The number of hydrogen-bond donors (Lipinski definition) is 6. The van der Waals surface area contributed by atoms with Crippen LogP contribution < -0.4 is 5.73 Å². The highest BCUT2D eigenvalue weighted by Gasteiger charge is 2.59. The Balaban J connectivity index is 1.99. The number of terminal acetylenes is 1. The molecule has 3 rings (SSSR count). The number of nitrogen functional groups attached to an aromatic ring is 1. The van der Waals surface area contributed by atoms with Crippen LogP contribution in [-0.2, 0) is 18.0 Å². The van der Waals surface area contributed by atoms with E-state index in [1.807, 2.05) is 0 Å². The van der Waals surface area contributed by atoms with Crippen LogP contribution in [0, 0.1) is 23.7 Å². The lowest BCUT2D eigenvalue weighted by molar-refractivity contribution is -0.0282. The maximum Gasteiger partial charge on any atom is 0.481 e. The topological polar surface area (TPSA) is 223 Å². The summed E-state index contributed by atoms with van der Waals surface area (Å²) in [7, 11) is -10.6. The van der Waals surface area contributed by atoms with Crippen LogP contribution in [-0.4, -0.2) is 69.5 Å². The van der Waals surface area contributed by atoms with Crippen LogP contribution in [0.3, 0.4) is 0 Å². The molecule has 7 N–H and O–H groups in total. The molecule has 2 heterocycles. The van der Waals surface area contributed by atoms with Crippen LogP contribution >= 0.6 is 27.4 Å². The van der Waals surface area contributed by atoms with E-state index in [0.29, 0.717) is 5.16 Å². The van der Waals surface area contributed by atoms with E-state index in [0.717, 1.165) is 0 Å². The number of rotatable bonds is 7. The van der Waals surface area contributed by atoms with Gasteiger partial charge >= 0.3 is 15.6 Å². The highest BCUT2D eigenvalue weighted by atomic mass is 32.2. The minimum Gasteiger partial charge on any atom is -0.389 e. The summed E-state index contributed by atoms with van der Waals surface area (Å²) in [6.45, 7) is 0.707. The Labute approximate surface area is 186 Å². The van der Waals surface area contributed by atoms with Crippen molar-refractivity contribution in [3.63, 3.8) is 0 Å². The van der Waals surface area contributed by atoms with Crippen molar-refractivity contribution in [3.05, 3.63) is 6.33 Å². The van der Waals surface area contributed by atoms with E-state index in [2.05, 4.69) is 25.2 Å². The second-order valence-electron chi connectivity index (χ2n) is 7.13. The highest BCUT2D eigenvalue weighted by molar-refractivity contribution is 7.98. The molecule has 2 aromatic heterocycles. The zero-order valence-electron chi connectivity index (χ0n) is 16.7. The molecule has 0 aromatic carbocycles. The molecule has 17 heteroatoms.